The summed E-state index contributed by atoms with van der Waals surface area (Å²) in [5, 5.41) is 6.45. The van der Waals surface area contributed by atoms with Gasteiger partial charge in [0.15, 0.2) is 0 Å². The van der Waals surface area contributed by atoms with E-state index in [1.807, 2.05) is 6.07 Å². The Balaban J connectivity index is 1.22. The van der Waals surface area contributed by atoms with Crippen LogP contribution in [0.15, 0.2) is 36.5 Å². The minimum Gasteiger partial charge on any atom is -0.371 e. The van der Waals surface area contributed by atoms with Gasteiger partial charge in [0.1, 0.15) is 18.0 Å². The molecule has 3 heterocycles. The van der Waals surface area contributed by atoms with Crippen molar-refractivity contribution in [1.29, 1.82) is 0 Å². The quantitative estimate of drug-likeness (QED) is 0.765. The van der Waals surface area contributed by atoms with Gasteiger partial charge >= 0.3 is 0 Å². The number of amides is 1. The zero-order chi connectivity index (χ0) is 21.2. The molecule has 0 bridgehead atoms. The molecule has 2 saturated heterocycles. The van der Waals surface area contributed by atoms with Crippen molar-refractivity contribution >= 4 is 11.9 Å². The molecule has 3 aliphatic rings. The second-order valence-corrected chi connectivity index (χ2v) is 8.57. The maximum absolute atomic E-state index is 13.6. The monoisotopic (exact) mass is 426 g/mol. The number of nitrogens with zero attached hydrogens (tertiary/aromatic N) is 2. The van der Waals surface area contributed by atoms with Crippen LogP contribution in [-0.4, -0.2) is 53.4 Å². The Morgan fingerprint density at radius 1 is 1.03 bits per heavy atom. The minimum absolute atomic E-state index is 0.113. The summed E-state index contributed by atoms with van der Waals surface area (Å²) < 4.78 is 25.5. The van der Waals surface area contributed by atoms with Gasteiger partial charge in [0, 0.05) is 17.7 Å². The lowest BCUT2D eigenvalue weighted by atomic mass is 9.88. The van der Waals surface area contributed by atoms with Crippen molar-refractivity contribution in [3.8, 4) is 11.3 Å². The molecule has 1 aromatic heterocycles. The van der Waals surface area contributed by atoms with Crippen LogP contribution in [0.4, 0.5) is 10.3 Å². The van der Waals surface area contributed by atoms with Crippen LogP contribution in [0.3, 0.4) is 0 Å². The highest BCUT2D eigenvalue weighted by molar-refractivity contribution is 5.79. The lowest BCUT2D eigenvalue weighted by Gasteiger charge is -2.24. The van der Waals surface area contributed by atoms with Crippen molar-refractivity contribution in [2.75, 3.05) is 18.5 Å². The summed E-state index contributed by atoms with van der Waals surface area (Å²) in [4.78, 5) is 21.4. The van der Waals surface area contributed by atoms with Crippen LogP contribution in [0.25, 0.3) is 11.3 Å². The number of anilines is 1. The van der Waals surface area contributed by atoms with Crippen LogP contribution in [0.5, 0.6) is 0 Å². The number of carbonyl (C=O) groups is 1. The lowest BCUT2D eigenvalue weighted by Crippen LogP contribution is -2.47. The number of halogens is 1. The normalized spacial score (nSPS) is 28.3. The van der Waals surface area contributed by atoms with E-state index in [1.165, 1.54) is 18.6 Å². The van der Waals surface area contributed by atoms with Crippen molar-refractivity contribution in [3.05, 3.63) is 42.3 Å². The van der Waals surface area contributed by atoms with Gasteiger partial charge in [0.2, 0.25) is 11.9 Å². The van der Waals surface area contributed by atoms with E-state index in [-0.39, 0.29) is 41.9 Å². The Labute approximate surface area is 180 Å². The van der Waals surface area contributed by atoms with Gasteiger partial charge in [0.25, 0.3) is 0 Å². The molecule has 4 atom stereocenters. The zero-order valence-electron chi connectivity index (χ0n) is 17.3. The molecule has 1 aromatic carbocycles. The molecule has 5 rings (SSSR count). The molecule has 1 amide bonds. The van der Waals surface area contributed by atoms with Crippen molar-refractivity contribution < 1.29 is 18.7 Å². The van der Waals surface area contributed by atoms with Gasteiger partial charge in [-0.15, -0.1) is 0 Å². The largest absolute Gasteiger partial charge is 0.371 e. The fourth-order valence-corrected chi connectivity index (χ4v) is 4.81. The van der Waals surface area contributed by atoms with E-state index in [2.05, 4.69) is 20.6 Å². The number of aromatic nitrogens is 2. The number of ether oxygens (including phenoxy) is 2. The molecule has 7 nitrogen and oxygen atoms in total. The van der Waals surface area contributed by atoms with E-state index in [9.17, 15) is 9.18 Å². The summed E-state index contributed by atoms with van der Waals surface area (Å²) in [6.07, 6.45) is 6.69. The van der Waals surface area contributed by atoms with Crippen molar-refractivity contribution in [3.63, 3.8) is 0 Å². The van der Waals surface area contributed by atoms with Gasteiger partial charge in [-0.2, -0.15) is 0 Å². The zero-order valence-corrected chi connectivity index (χ0v) is 17.3. The molecule has 1 aliphatic carbocycles. The fourth-order valence-electron chi connectivity index (χ4n) is 4.81. The smallest absolute Gasteiger partial charge is 0.223 e. The van der Waals surface area contributed by atoms with Crippen molar-refractivity contribution in [1.82, 2.24) is 15.3 Å². The first-order chi connectivity index (χ1) is 15.2. The maximum atomic E-state index is 13.6. The highest BCUT2D eigenvalue weighted by atomic mass is 19.1. The molecule has 0 unspecified atom stereocenters. The molecule has 31 heavy (non-hydrogen) atoms. The molecular weight excluding hydrogens is 399 g/mol. The van der Waals surface area contributed by atoms with E-state index in [0.717, 1.165) is 25.7 Å². The molecular formula is C23H27FN4O3. The first kappa shape index (κ1) is 20.3. The number of benzene rings is 1. The second-order valence-electron chi connectivity index (χ2n) is 8.57. The van der Waals surface area contributed by atoms with Gasteiger partial charge in [-0.3, -0.25) is 4.79 Å². The summed E-state index contributed by atoms with van der Waals surface area (Å²) in [5.74, 6) is 0.370. The van der Waals surface area contributed by atoms with E-state index >= 15 is 0 Å². The summed E-state index contributed by atoms with van der Waals surface area (Å²) in [6.45, 7) is 0.884. The van der Waals surface area contributed by atoms with E-state index < -0.39 is 0 Å². The van der Waals surface area contributed by atoms with Crippen LogP contribution in [-0.2, 0) is 14.3 Å². The van der Waals surface area contributed by atoms with Crippen molar-refractivity contribution in [2.24, 2.45) is 5.92 Å². The van der Waals surface area contributed by atoms with Crippen LogP contribution in [0.2, 0.25) is 0 Å². The molecule has 8 heteroatoms. The highest BCUT2D eigenvalue weighted by Gasteiger charge is 2.48. The number of rotatable bonds is 5. The maximum Gasteiger partial charge on any atom is 0.223 e. The van der Waals surface area contributed by atoms with Crippen LogP contribution >= 0.6 is 0 Å². The third kappa shape index (κ3) is 4.41. The average molecular weight is 426 g/mol. The first-order valence-electron chi connectivity index (χ1n) is 11.1. The highest BCUT2D eigenvalue weighted by Crippen LogP contribution is 2.30. The summed E-state index contributed by atoms with van der Waals surface area (Å²) >= 11 is 0. The summed E-state index contributed by atoms with van der Waals surface area (Å²) in [7, 11) is 0. The van der Waals surface area contributed by atoms with Gasteiger partial charge in [-0.25, -0.2) is 14.4 Å². The van der Waals surface area contributed by atoms with E-state index in [4.69, 9.17) is 9.47 Å². The Kier molecular flexibility index (Phi) is 5.82. The molecule has 2 aromatic rings. The molecule has 164 valence electrons. The predicted octanol–water partition coefficient (Wildman–Crippen LogP) is 2.93. The molecule has 2 aliphatic heterocycles. The Morgan fingerprint density at radius 3 is 2.61 bits per heavy atom. The van der Waals surface area contributed by atoms with Crippen LogP contribution in [0, 0.1) is 11.7 Å². The number of nitrogens with one attached hydrogen (secondary N) is 2. The Hall–Kier alpha value is -2.58. The molecule has 0 spiro atoms. The third-order valence-corrected chi connectivity index (χ3v) is 6.45. The molecule has 1 saturated carbocycles. The number of carbonyl (C=O) groups excluding carboxylic acids is 1. The number of fused-ring (bicyclic) bond motifs is 1. The average Bonchev–Trinajstić information content (AvgIpc) is 3.38. The van der Waals surface area contributed by atoms with E-state index in [1.54, 1.807) is 18.3 Å². The minimum atomic E-state index is -0.307. The molecule has 2 N–H and O–H groups in total. The third-order valence-electron chi connectivity index (χ3n) is 6.45. The van der Waals surface area contributed by atoms with Gasteiger partial charge < -0.3 is 20.1 Å². The lowest BCUT2D eigenvalue weighted by molar-refractivity contribution is -0.127. The van der Waals surface area contributed by atoms with Gasteiger partial charge in [-0.1, -0.05) is 31.4 Å². The summed E-state index contributed by atoms with van der Waals surface area (Å²) in [6, 6.07) is 7.81. The Morgan fingerprint density at radius 2 is 1.81 bits per heavy atom. The SMILES string of the molecule is O=C(N[C@H]1CO[C@H]2[C@@H]1OC[C@@H]2Nc1nccc(-c2cccc(F)c2)n1)C1CCCCC1. The topological polar surface area (TPSA) is 85.4 Å². The van der Waals surface area contributed by atoms with E-state index in [0.29, 0.717) is 30.4 Å². The molecule has 3 fully saturated rings. The molecule has 0 radical (unpaired) electrons. The predicted molar refractivity (Wildman–Crippen MR) is 113 cm³/mol. The fraction of sp³-hybridized carbons (Fsp3) is 0.522. The number of hydrogen-bond donors (Lipinski definition) is 2. The van der Waals surface area contributed by atoms with Crippen molar-refractivity contribution in [2.45, 2.75) is 56.4 Å². The van der Waals surface area contributed by atoms with Gasteiger partial charge in [-0.05, 0) is 31.0 Å². The number of hydrogen-bond acceptors (Lipinski definition) is 6. The van der Waals surface area contributed by atoms with Gasteiger partial charge in [0.05, 0.1) is 31.0 Å². The first-order valence-corrected chi connectivity index (χ1v) is 11.1. The Bertz CT molecular complexity index is 937. The second kappa shape index (κ2) is 8.88. The summed E-state index contributed by atoms with van der Waals surface area (Å²) in [5.41, 5.74) is 1.33. The standard InChI is InChI=1S/C23H27FN4O3/c24-16-8-4-7-15(11-16)17-9-10-25-23(27-17)28-19-13-31-20-18(12-30-21(19)20)26-22(29)14-5-2-1-3-6-14/h4,7-11,14,18-21H,1-3,5-6,12-13H2,(H,26,29)(H,25,27,28)/t18-,19-,20+,21+/m0/s1. The van der Waals surface area contributed by atoms with Crippen LogP contribution < -0.4 is 10.6 Å². The van der Waals surface area contributed by atoms with Crippen LogP contribution in [0.1, 0.15) is 32.1 Å².